The molecule has 0 unspecified atom stereocenters. The maximum absolute atomic E-state index is 12.4. The van der Waals surface area contributed by atoms with Crippen LogP contribution in [-0.2, 0) is 19.0 Å². The van der Waals surface area contributed by atoms with E-state index >= 15 is 0 Å². The van der Waals surface area contributed by atoms with Gasteiger partial charge < -0.3 is 19.1 Å². The molecule has 2 aromatic rings. The highest BCUT2D eigenvalue weighted by molar-refractivity contribution is 7.18. The average molecular weight is 500 g/mol. The molecule has 12 nitrogen and oxygen atoms in total. The van der Waals surface area contributed by atoms with Crippen LogP contribution in [0.5, 0.6) is 0 Å². The Morgan fingerprint density at radius 2 is 1.97 bits per heavy atom. The van der Waals surface area contributed by atoms with Crippen LogP contribution in [0.25, 0.3) is 0 Å². The maximum atomic E-state index is 12.4. The van der Waals surface area contributed by atoms with Gasteiger partial charge in [-0.05, 0) is 24.2 Å². The summed E-state index contributed by atoms with van der Waals surface area (Å²) < 4.78 is 15.5. The second-order valence-corrected chi connectivity index (χ2v) is 9.00. The molecule has 14 heteroatoms. The summed E-state index contributed by atoms with van der Waals surface area (Å²) in [5.41, 5.74) is 0.243. The highest BCUT2D eigenvalue weighted by Crippen LogP contribution is 2.31. The van der Waals surface area contributed by atoms with Crippen molar-refractivity contribution in [2.75, 3.05) is 58.6 Å². The molecular weight excluding hydrogens is 474 g/mol. The van der Waals surface area contributed by atoms with E-state index in [1.807, 2.05) is 0 Å². The smallest absolute Gasteiger partial charge is 0.345 e. The number of anilines is 1. The summed E-state index contributed by atoms with van der Waals surface area (Å²) in [6, 6.07) is 0. The SMILES string of the molecule is COCCOCCOCC(=O)N1CCC(c2nc(C(=O)Nc3ncc([N+](=O)[O-])s3)cs2)CC1. The van der Waals surface area contributed by atoms with E-state index in [0.717, 1.165) is 35.4 Å². The molecule has 1 aliphatic rings. The van der Waals surface area contributed by atoms with Crippen LogP contribution < -0.4 is 5.32 Å². The first-order chi connectivity index (χ1) is 16.0. The second-order valence-electron chi connectivity index (χ2n) is 7.10. The van der Waals surface area contributed by atoms with Gasteiger partial charge in [0.1, 0.15) is 18.5 Å². The zero-order chi connectivity index (χ0) is 23.6. The Kier molecular flexibility index (Phi) is 9.62. The molecule has 2 aromatic heterocycles. The van der Waals surface area contributed by atoms with Gasteiger partial charge in [0.15, 0.2) is 5.13 Å². The van der Waals surface area contributed by atoms with Gasteiger partial charge in [0.2, 0.25) is 5.91 Å². The molecule has 0 saturated carbocycles. The third kappa shape index (κ3) is 7.50. The van der Waals surface area contributed by atoms with Crippen LogP contribution in [-0.4, -0.2) is 84.8 Å². The third-order valence-corrected chi connectivity index (χ3v) is 6.75. The van der Waals surface area contributed by atoms with Crippen molar-refractivity contribution in [3.8, 4) is 0 Å². The number of carbonyl (C=O) groups is 2. The number of amides is 2. The fraction of sp³-hybridized carbons (Fsp3) is 0.579. The lowest BCUT2D eigenvalue weighted by molar-refractivity contribution is -0.380. The Balaban J connectivity index is 1.39. The van der Waals surface area contributed by atoms with Gasteiger partial charge in [-0.25, -0.2) is 9.97 Å². The average Bonchev–Trinajstić information content (AvgIpc) is 3.49. The molecule has 1 aliphatic heterocycles. The van der Waals surface area contributed by atoms with Crippen molar-refractivity contribution in [3.63, 3.8) is 0 Å². The van der Waals surface area contributed by atoms with Crippen LogP contribution in [0.4, 0.5) is 10.1 Å². The van der Waals surface area contributed by atoms with E-state index in [1.165, 1.54) is 11.3 Å². The minimum atomic E-state index is -0.559. The van der Waals surface area contributed by atoms with E-state index in [9.17, 15) is 19.7 Å². The standard InChI is InChI=1S/C19H25N5O7S2/c1-29-6-7-30-8-9-31-11-15(25)23-4-2-13(3-5-23)18-21-14(12-32-18)17(26)22-19-20-10-16(33-19)24(27)28/h10,12-13H,2-9,11H2,1H3,(H,20,22,26). The number of nitrogens with zero attached hydrogens (tertiary/aromatic N) is 4. The number of likely N-dealkylation sites (tertiary alicyclic amines) is 1. The molecule has 0 bridgehead atoms. The molecule has 1 fully saturated rings. The Labute approximate surface area is 198 Å². The van der Waals surface area contributed by atoms with E-state index in [2.05, 4.69) is 15.3 Å². The summed E-state index contributed by atoms with van der Waals surface area (Å²) in [5, 5.41) is 15.8. The second kappa shape index (κ2) is 12.6. The van der Waals surface area contributed by atoms with Crippen molar-refractivity contribution in [3.05, 3.63) is 32.4 Å². The lowest BCUT2D eigenvalue weighted by Crippen LogP contribution is -2.40. The van der Waals surface area contributed by atoms with E-state index in [-0.39, 0.29) is 34.3 Å². The molecule has 0 aromatic carbocycles. The van der Waals surface area contributed by atoms with Crippen LogP contribution in [0.2, 0.25) is 0 Å². The summed E-state index contributed by atoms with van der Waals surface area (Å²) in [5.74, 6) is -0.351. The number of piperidine rings is 1. The number of thiazole rings is 2. The summed E-state index contributed by atoms with van der Waals surface area (Å²) in [4.78, 5) is 44.9. The number of ether oxygens (including phenoxy) is 3. The summed E-state index contributed by atoms with van der Waals surface area (Å²) >= 11 is 2.18. The minimum Gasteiger partial charge on any atom is -0.382 e. The zero-order valence-electron chi connectivity index (χ0n) is 18.1. The number of methoxy groups -OCH3 is 1. The normalized spacial score (nSPS) is 14.4. The number of nitrogens with one attached hydrogen (secondary N) is 1. The van der Waals surface area contributed by atoms with E-state index < -0.39 is 10.8 Å². The van der Waals surface area contributed by atoms with Crippen molar-refractivity contribution in [1.82, 2.24) is 14.9 Å². The summed E-state index contributed by atoms with van der Waals surface area (Å²) in [6.45, 7) is 3.00. The van der Waals surface area contributed by atoms with Crippen molar-refractivity contribution < 1.29 is 28.7 Å². The Hall–Kier alpha value is -2.52. The highest BCUT2D eigenvalue weighted by Gasteiger charge is 2.26. The van der Waals surface area contributed by atoms with Gasteiger partial charge in [0.25, 0.3) is 5.91 Å². The Morgan fingerprint density at radius 3 is 2.67 bits per heavy atom. The fourth-order valence-electron chi connectivity index (χ4n) is 3.14. The largest absolute Gasteiger partial charge is 0.382 e. The highest BCUT2D eigenvalue weighted by atomic mass is 32.1. The van der Waals surface area contributed by atoms with Crippen LogP contribution in [0, 0.1) is 10.1 Å². The third-order valence-electron chi connectivity index (χ3n) is 4.87. The molecule has 180 valence electrons. The molecule has 1 N–H and O–H groups in total. The molecule has 0 aliphatic carbocycles. The predicted octanol–water partition coefficient (Wildman–Crippen LogP) is 2.15. The molecule has 2 amide bonds. The number of hydrogen-bond acceptors (Lipinski definition) is 11. The number of rotatable bonds is 12. The van der Waals surface area contributed by atoms with Gasteiger partial charge in [0.05, 0.1) is 36.4 Å². The lowest BCUT2D eigenvalue weighted by Gasteiger charge is -2.31. The van der Waals surface area contributed by atoms with E-state index in [4.69, 9.17) is 14.2 Å². The zero-order valence-corrected chi connectivity index (χ0v) is 19.7. The number of hydrogen-bond donors (Lipinski definition) is 1. The van der Waals surface area contributed by atoms with Gasteiger partial charge in [0, 0.05) is 31.5 Å². The number of nitro groups is 1. The van der Waals surface area contributed by atoms with Crippen LogP contribution >= 0.6 is 22.7 Å². The fourth-order valence-corrected chi connectivity index (χ4v) is 4.74. The van der Waals surface area contributed by atoms with Crippen molar-refractivity contribution in [1.29, 1.82) is 0 Å². The van der Waals surface area contributed by atoms with E-state index in [1.54, 1.807) is 17.4 Å². The molecule has 33 heavy (non-hydrogen) atoms. The minimum absolute atomic E-state index is 0.0226. The lowest BCUT2D eigenvalue weighted by atomic mass is 9.97. The van der Waals surface area contributed by atoms with Crippen molar-refractivity contribution >= 4 is 44.6 Å². The molecule has 0 atom stereocenters. The molecule has 3 heterocycles. The number of carbonyl (C=O) groups excluding carboxylic acids is 2. The Morgan fingerprint density at radius 1 is 1.24 bits per heavy atom. The van der Waals surface area contributed by atoms with Gasteiger partial charge >= 0.3 is 5.00 Å². The molecular formula is C19H25N5O7S2. The van der Waals surface area contributed by atoms with Crippen molar-refractivity contribution in [2.45, 2.75) is 18.8 Å². The molecule has 3 rings (SSSR count). The Bertz CT molecular complexity index is 943. The molecule has 0 radical (unpaired) electrons. The number of aromatic nitrogens is 2. The first-order valence-corrected chi connectivity index (χ1v) is 12.0. The van der Waals surface area contributed by atoms with Crippen molar-refractivity contribution in [2.24, 2.45) is 0 Å². The topological polar surface area (TPSA) is 146 Å². The maximum Gasteiger partial charge on any atom is 0.345 e. The van der Waals surface area contributed by atoms with Crippen LogP contribution in [0.1, 0.15) is 34.3 Å². The van der Waals surface area contributed by atoms with Gasteiger partial charge in [-0.3, -0.25) is 25.0 Å². The first-order valence-electron chi connectivity index (χ1n) is 10.3. The predicted molar refractivity (Wildman–Crippen MR) is 121 cm³/mol. The molecule has 0 spiro atoms. The monoisotopic (exact) mass is 499 g/mol. The van der Waals surface area contributed by atoms with E-state index in [0.29, 0.717) is 39.5 Å². The van der Waals surface area contributed by atoms with Gasteiger partial charge in [-0.1, -0.05) is 0 Å². The van der Waals surface area contributed by atoms with Gasteiger partial charge in [-0.2, -0.15) is 0 Å². The summed E-state index contributed by atoms with van der Waals surface area (Å²) in [7, 11) is 1.60. The van der Waals surface area contributed by atoms with Crippen LogP contribution in [0.3, 0.4) is 0 Å². The van der Waals surface area contributed by atoms with Gasteiger partial charge in [-0.15, -0.1) is 11.3 Å². The molecule has 1 saturated heterocycles. The summed E-state index contributed by atoms with van der Waals surface area (Å²) in [6.07, 6.45) is 2.60. The quantitative estimate of drug-likeness (QED) is 0.264. The van der Waals surface area contributed by atoms with Crippen LogP contribution in [0.15, 0.2) is 11.6 Å². The first kappa shape index (κ1) is 25.1.